The van der Waals surface area contributed by atoms with Crippen molar-refractivity contribution in [1.29, 1.82) is 0 Å². The standard InChI is InChI=1S/C24H20BrN3O7/c1-15-7-9-17(10-8-15)24(30)35-23-18(25)11-16(12-21(23)33-2)13-26-27-22(29)14-34-20-6-4-3-5-19(20)28(31)32/h3-13H,14H2,1-2H3,(H,27,29)/b26-13+. The van der Waals surface area contributed by atoms with Crippen LogP contribution in [0.2, 0.25) is 0 Å². The summed E-state index contributed by atoms with van der Waals surface area (Å²) >= 11 is 3.36. The molecule has 3 aromatic rings. The molecule has 1 amide bonds. The van der Waals surface area contributed by atoms with Crippen LogP contribution in [0.15, 0.2) is 70.2 Å². The number of hydrogen-bond acceptors (Lipinski definition) is 8. The van der Waals surface area contributed by atoms with Crippen molar-refractivity contribution in [2.24, 2.45) is 5.10 Å². The number of nitrogens with zero attached hydrogens (tertiary/aromatic N) is 2. The molecule has 0 fully saturated rings. The van der Waals surface area contributed by atoms with Gasteiger partial charge in [-0.25, -0.2) is 10.2 Å². The molecule has 0 atom stereocenters. The SMILES string of the molecule is COc1cc(/C=N/NC(=O)COc2ccccc2[N+](=O)[O-])cc(Br)c1OC(=O)c1ccc(C)cc1. The maximum Gasteiger partial charge on any atom is 0.343 e. The molecule has 10 nitrogen and oxygen atoms in total. The summed E-state index contributed by atoms with van der Waals surface area (Å²) in [6.07, 6.45) is 1.35. The van der Waals surface area contributed by atoms with Gasteiger partial charge in [0, 0.05) is 6.07 Å². The van der Waals surface area contributed by atoms with Crippen molar-refractivity contribution in [2.45, 2.75) is 6.92 Å². The lowest BCUT2D eigenvalue weighted by Crippen LogP contribution is -2.24. The molecule has 0 saturated carbocycles. The monoisotopic (exact) mass is 541 g/mol. The lowest BCUT2D eigenvalue weighted by Gasteiger charge is -2.12. The van der Waals surface area contributed by atoms with E-state index in [4.69, 9.17) is 14.2 Å². The Labute approximate surface area is 208 Å². The third kappa shape index (κ3) is 6.87. The van der Waals surface area contributed by atoms with Crippen LogP contribution in [0.3, 0.4) is 0 Å². The van der Waals surface area contributed by atoms with Gasteiger partial charge in [-0.15, -0.1) is 0 Å². The first kappa shape index (κ1) is 25.4. The number of carbonyl (C=O) groups excluding carboxylic acids is 2. The van der Waals surface area contributed by atoms with Gasteiger partial charge in [0.05, 0.1) is 28.3 Å². The summed E-state index contributed by atoms with van der Waals surface area (Å²) in [4.78, 5) is 34.9. The first-order valence-electron chi connectivity index (χ1n) is 10.1. The summed E-state index contributed by atoms with van der Waals surface area (Å²) in [5.41, 5.74) is 3.97. The quantitative estimate of drug-likeness (QED) is 0.139. The molecule has 0 saturated heterocycles. The van der Waals surface area contributed by atoms with Crippen molar-refractivity contribution >= 4 is 39.7 Å². The third-order valence-electron chi connectivity index (χ3n) is 4.56. The Morgan fingerprint density at radius 1 is 1.11 bits per heavy atom. The second-order valence-corrected chi connectivity index (χ2v) is 7.95. The van der Waals surface area contributed by atoms with Crippen LogP contribution < -0.4 is 19.6 Å². The van der Waals surface area contributed by atoms with Crippen LogP contribution in [0.5, 0.6) is 17.2 Å². The summed E-state index contributed by atoms with van der Waals surface area (Å²) in [7, 11) is 1.42. The number of rotatable bonds is 9. The van der Waals surface area contributed by atoms with Crippen LogP contribution >= 0.6 is 15.9 Å². The van der Waals surface area contributed by atoms with Crippen molar-refractivity contribution in [3.05, 3.63) is 91.9 Å². The lowest BCUT2D eigenvalue weighted by atomic mass is 10.1. The highest BCUT2D eigenvalue weighted by molar-refractivity contribution is 9.10. The fourth-order valence-electron chi connectivity index (χ4n) is 2.84. The third-order valence-corrected chi connectivity index (χ3v) is 5.15. The van der Waals surface area contributed by atoms with Gasteiger partial charge in [0.15, 0.2) is 23.9 Å². The van der Waals surface area contributed by atoms with Gasteiger partial charge in [0.2, 0.25) is 0 Å². The second-order valence-electron chi connectivity index (χ2n) is 7.10. The highest BCUT2D eigenvalue weighted by Crippen LogP contribution is 2.37. The minimum Gasteiger partial charge on any atom is -0.493 e. The molecule has 1 N–H and O–H groups in total. The van der Waals surface area contributed by atoms with Crippen LogP contribution in [-0.2, 0) is 4.79 Å². The van der Waals surface area contributed by atoms with Gasteiger partial charge in [-0.2, -0.15) is 5.10 Å². The lowest BCUT2D eigenvalue weighted by molar-refractivity contribution is -0.385. The number of para-hydroxylation sites is 2. The Balaban J connectivity index is 1.63. The second kappa shape index (κ2) is 11.7. The molecule has 0 radical (unpaired) electrons. The normalized spacial score (nSPS) is 10.6. The Morgan fingerprint density at radius 2 is 1.83 bits per heavy atom. The maximum atomic E-state index is 12.5. The molecule has 0 aliphatic heterocycles. The van der Waals surface area contributed by atoms with Crippen LogP contribution in [0, 0.1) is 17.0 Å². The number of carbonyl (C=O) groups is 2. The van der Waals surface area contributed by atoms with Gasteiger partial charge in [-0.05, 0) is 58.7 Å². The Hall–Kier alpha value is -4.25. The van der Waals surface area contributed by atoms with E-state index in [0.29, 0.717) is 15.6 Å². The number of hydrazone groups is 1. The summed E-state index contributed by atoms with van der Waals surface area (Å²) in [6.45, 7) is 1.45. The zero-order valence-corrected chi connectivity index (χ0v) is 20.3. The average molecular weight is 542 g/mol. The molecule has 3 aromatic carbocycles. The summed E-state index contributed by atoms with van der Waals surface area (Å²) < 4.78 is 16.5. The first-order chi connectivity index (χ1) is 16.8. The number of ether oxygens (including phenoxy) is 3. The van der Waals surface area contributed by atoms with Gasteiger partial charge < -0.3 is 14.2 Å². The minimum atomic E-state index is -0.617. The highest BCUT2D eigenvalue weighted by Gasteiger charge is 2.17. The number of nitro groups is 1. The molecule has 0 heterocycles. The van der Waals surface area contributed by atoms with Crippen LogP contribution in [0.1, 0.15) is 21.5 Å². The van der Waals surface area contributed by atoms with E-state index in [1.807, 2.05) is 19.1 Å². The van der Waals surface area contributed by atoms with Crippen molar-refractivity contribution in [2.75, 3.05) is 13.7 Å². The number of nitrogens with one attached hydrogen (secondary N) is 1. The van der Waals surface area contributed by atoms with E-state index in [0.717, 1.165) is 5.56 Å². The van der Waals surface area contributed by atoms with E-state index in [9.17, 15) is 19.7 Å². The molecule has 0 aliphatic rings. The first-order valence-corrected chi connectivity index (χ1v) is 10.9. The van der Waals surface area contributed by atoms with Gasteiger partial charge >= 0.3 is 11.7 Å². The molecule has 0 bridgehead atoms. The van der Waals surface area contributed by atoms with Crippen LogP contribution in [0.4, 0.5) is 5.69 Å². The van der Waals surface area contributed by atoms with E-state index in [2.05, 4.69) is 26.5 Å². The average Bonchev–Trinajstić information content (AvgIpc) is 2.84. The fourth-order valence-corrected chi connectivity index (χ4v) is 3.38. The molecule has 11 heteroatoms. The molecule has 0 unspecified atom stereocenters. The number of hydrogen-bond donors (Lipinski definition) is 1. The zero-order valence-electron chi connectivity index (χ0n) is 18.7. The van der Waals surface area contributed by atoms with Crippen molar-refractivity contribution in [3.63, 3.8) is 0 Å². The summed E-state index contributed by atoms with van der Waals surface area (Å²) in [6, 6.07) is 15.9. The Bertz CT molecular complexity index is 1280. The largest absolute Gasteiger partial charge is 0.493 e. The van der Waals surface area contributed by atoms with E-state index < -0.39 is 23.4 Å². The molecule has 0 aromatic heterocycles. The number of benzene rings is 3. The number of esters is 1. The number of amides is 1. The fraction of sp³-hybridized carbons (Fsp3) is 0.125. The number of halogens is 1. The Kier molecular flexibility index (Phi) is 8.52. The predicted octanol–water partition coefficient (Wildman–Crippen LogP) is 4.42. The Morgan fingerprint density at radius 3 is 2.51 bits per heavy atom. The molecule has 35 heavy (non-hydrogen) atoms. The molecule has 180 valence electrons. The molecule has 3 rings (SSSR count). The molecule has 0 spiro atoms. The van der Waals surface area contributed by atoms with E-state index in [-0.39, 0.29) is 22.9 Å². The smallest absolute Gasteiger partial charge is 0.343 e. The van der Waals surface area contributed by atoms with Gasteiger partial charge in [0.1, 0.15) is 0 Å². The van der Waals surface area contributed by atoms with Crippen LogP contribution in [-0.4, -0.2) is 36.7 Å². The molecule has 0 aliphatic carbocycles. The van der Waals surface area contributed by atoms with Gasteiger partial charge in [0.25, 0.3) is 5.91 Å². The van der Waals surface area contributed by atoms with E-state index in [1.165, 1.54) is 31.5 Å². The van der Waals surface area contributed by atoms with Gasteiger partial charge in [-0.3, -0.25) is 14.9 Å². The van der Waals surface area contributed by atoms with Crippen LogP contribution in [0.25, 0.3) is 0 Å². The topological polar surface area (TPSA) is 129 Å². The molecular formula is C24H20BrN3O7. The zero-order chi connectivity index (χ0) is 25.4. The van der Waals surface area contributed by atoms with Gasteiger partial charge in [-0.1, -0.05) is 29.8 Å². The van der Waals surface area contributed by atoms with Crippen molar-refractivity contribution < 1.29 is 28.7 Å². The highest BCUT2D eigenvalue weighted by atomic mass is 79.9. The number of aryl methyl sites for hydroxylation is 1. The summed E-state index contributed by atoms with van der Waals surface area (Å²) in [5.74, 6) is -0.726. The predicted molar refractivity (Wildman–Crippen MR) is 131 cm³/mol. The minimum absolute atomic E-state index is 0.0268. The summed E-state index contributed by atoms with van der Waals surface area (Å²) in [5, 5.41) is 14.9. The number of methoxy groups -OCH3 is 1. The van der Waals surface area contributed by atoms with E-state index >= 15 is 0 Å². The molecular weight excluding hydrogens is 522 g/mol. The maximum absolute atomic E-state index is 12.5. The van der Waals surface area contributed by atoms with Crippen molar-refractivity contribution in [3.8, 4) is 17.2 Å². The van der Waals surface area contributed by atoms with E-state index in [1.54, 1.807) is 30.3 Å². The van der Waals surface area contributed by atoms with Crippen molar-refractivity contribution in [1.82, 2.24) is 5.43 Å². The number of nitro benzene ring substituents is 1.